The van der Waals surface area contributed by atoms with Crippen LogP contribution in [-0.4, -0.2) is 37.9 Å². The summed E-state index contributed by atoms with van der Waals surface area (Å²) in [5.41, 5.74) is 2.10. The van der Waals surface area contributed by atoms with Crippen molar-refractivity contribution in [1.82, 2.24) is 20.1 Å². The summed E-state index contributed by atoms with van der Waals surface area (Å²) in [4.78, 5) is 17.2. The summed E-state index contributed by atoms with van der Waals surface area (Å²) in [7, 11) is 0. The van der Waals surface area contributed by atoms with E-state index in [-0.39, 0.29) is 18.0 Å². The van der Waals surface area contributed by atoms with Crippen molar-refractivity contribution in [2.75, 3.05) is 0 Å². The molecule has 1 amide bonds. The fourth-order valence-corrected chi connectivity index (χ4v) is 3.23. The summed E-state index contributed by atoms with van der Waals surface area (Å²) in [6, 6.07) is 1.80. The maximum absolute atomic E-state index is 12.7. The predicted octanol–water partition coefficient (Wildman–Crippen LogP) is 2.35. The van der Waals surface area contributed by atoms with E-state index in [1.807, 2.05) is 25.5 Å². The summed E-state index contributed by atoms with van der Waals surface area (Å²) < 4.78 is 1.83. The van der Waals surface area contributed by atoms with Crippen LogP contribution in [0.2, 0.25) is 0 Å². The van der Waals surface area contributed by atoms with E-state index >= 15 is 0 Å². The zero-order chi connectivity index (χ0) is 16.6. The number of pyridine rings is 1. The number of rotatable bonds is 3. The summed E-state index contributed by atoms with van der Waals surface area (Å²) in [5.74, 6) is -0.158. The first-order valence-electron chi connectivity index (χ1n) is 8.31. The molecule has 2 heterocycles. The van der Waals surface area contributed by atoms with Gasteiger partial charge < -0.3 is 10.4 Å². The Bertz CT molecular complexity index is 723. The van der Waals surface area contributed by atoms with Gasteiger partial charge in [0.2, 0.25) is 0 Å². The number of nitrogens with one attached hydrogen (secondary N) is 1. The number of carbonyl (C=O) groups excluding carboxylic acids is 1. The lowest BCUT2D eigenvalue weighted by Crippen LogP contribution is -2.45. The quantitative estimate of drug-likeness (QED) is 0.911. The normalized spacial score (nSPS) is 21.8. The first-order chi connectivity index (χ1) is 11.0. The lowest BCUT2D eigenvalue weighted by molar-refractivity contribution is 0.0718. The molecule has 0 aliphatic heterocycles. The van der Waals surface area contributed by atoms with Crippen LogP contribution in [0.4, 0.5) is 0 Å². The molecule has 2 N–H and O–H groups in total. The standard InChI is InChI=1S/C17H24N4O2/c1-10(2)21-16-13(9-18-21)12(8-11(3)19-16)17(23)20-14-6-4-5-7-15(14)22/h8-10,14-15,22H,4-7H2,1-3H3,(H,20,23)/t14-,15-/m0/s1. The van der Waals surface area contributed by atoms with Crippen LogP contribution in [0.15, 0.2) is 12.3 Å². The first-order valence-corrected chi connectivity index (χ1v) is 8.31. The van der Waals surface area contributed by atoms with E-state index in [9.17, 15) is 9.90 Å². The van der Waals surface area contributed by atoms with Crippen LogP contribution in [0, 0.1) is 6.92 Å². The second kappa shape index (κ2) is 6.28. The Morgan fingerprint density at radius 1 is 1.39 bits per heavy atom. The molecule has 0 aromatic carbocycles. The Morgan fingerprint density at radius 3 is 2.83 bits per heavy atom. The van der Waals surface area contributed by atoms with E-state index in [0.717, 1.165) is 42.4 Å². The Morgan fingerprint density at radius 2 is 2.13 bits per heavy atom. The van der Waals surface area contributed by atoms with Crippen LogP contribution in [0.3, 0.4) is 0 Å². The number of fused-ring (bicyclic) bond motifs is 1. The summed E-state index contributed by atoms with van der Waals surface area (Å²) >= 11 is 0. The molecule has 6 nitrogen and oxygen atoms in total. The Kier molecular flexibility index (Phi) is 4.35. The molecule has 23 heavy (non-hydrogen) atoms. The minimum atomic E-state index is -0.454. The zero-order valence-corrected chi connectivity index (χ0v) is 13.9. The third-order valence-corrected chi connectivity index (χ3v) is 4.47. The summed E-state index contributed by atoms with van der Waals surface area (Å²) in [6.07, 6.45) is 4.88. The Hall–Kier alpha value is -1.95. The molecule has 0 spiro atoms. The minimum Gasteiger partial charge on any atom is -0.391 e. The Balaban J connectivity index is 1.94. The van der Waals surface area contributed by atoms with Gasteiger partial charge in [-0.25, -0.2) is 9.67 Å². The topological polar surface area (TPSA) is 80.0 Å². The van der Waals surface area contributed by atoms with E-state index in [1.165, 1.54) is 0 Å². The molecule has 0 saturated heterocycles. The number of carbonyl (C=O) groups is 1. The fourth-order valence-electron chi connectivity index (χ4n) is 3.23. The second-order valence-corrected chi connectivity index (χ2v) is 6.66. The smallest absolute Gasteiger partial charge is 0.252 e. The van der Waals surface area contributed by atoms with Gasteiger partial charge in [-0.1, -0.05) is 12.8 Å². The lowest BCUT2D eigenvalue weighted by Gasteiger charge is -2.28. The van der Waals surface area contributed by atoms with Gasteiger partial charge in [-0.05, 0) is 39.7 Å². The highest BCUT2D eigenvalue weighted by atomic mass is 16.3. The van der Waals surface area contributed by atoms with Crippen LogP contribution >= 0.6 is 0 Å². The monoisotopic (exact) mass is 316 g/mol. The SMILES string of the molecule is Cc1cc(C(=O)N[C@H]2CCCC[C@@H]2O)c2cnn(C(C)C)c2n1. The van der Waals surface area contributed by atoms with Crippen molar-refractivity contribution in [3.63, 3.8) is 0 Å². The lowest BCUT2D eigenvalue weighted by atomic mass is 9.92. The molecule has 2 aromatic heterocycles. The highest BCUT2D eigenvalue weighted by Gasteiger charge is 2.26. The van der Waals surface area contributed by atoms with Crippen LogP contribution < -0.4 is 5.32 Å². The van der Waals surface area contributed by atoms with Gasteiger partial charge in [-0.3, -0.25) is 4.79 Å². The third kappa shape index (κ3) is 3.08. The van der Waals surface area contributed by atoms with E-state index in [1.54, 1.807) is 12.3 Å². The molecule has 1 aliphatic rings. The molecule has 2 aromatic rings. The minimum absolute atomic E-state index is 0.158. The van der Waals surface area contributed by atoms with Gasteiger partial charge in [0.25, 0.3) is 5.91 Å². The third-order valence-electron chi connectivity index (χ3n) is 4.47. The van der Waals surface area contributed by atoms with E-state index < -0.39 is 6.10 Å². The summed E-state index contributed by atoms with van der Waals surface area (Å²) in [6.45, 7) is 5.95. The van der Waals surface area contributed by atoms with Crippen LogP contribution in [0.5, 0.6) is 0 Å². The molecule has 1 aliphatic carbocycles. The molecule has 0 radical (unpaired) electrons. The van der Waals surface area contributed by atoms with Crippen molar-refractivity contribution >= 4 is 16.9 Å². The maximum atomic E-state index is 12.7. The molecule has 1 fully saturated rings. The van der Waals surface area contributed by atoms with Crippen molar-refractivity contribution in [1.29, 1.82) is 0 Å². The average Bonchev–Trinajstić information content (AvgIpc) is 2.92. The van der Waals surface area contributed by atoms with Crippen LogP contribution in [-0.2, 0) is 0 Å². The van der Waals surface area contributed by atoms with Crippen LogP contribution in [0.1, 0.15) is 61.6 Å². The number of amides is 1. The zero-order valence-electron chi connectivity index (χ0n) is 13.9. The number of aliphatic hydroxyl groups is 1. The average molecular weight is 316 g/mol. The first kappa shape index (κ1) is 15.9. The highest BCUT2D eigenvalue weighted by Crippen LogP contribution is 2.23. The number of hydrogen-bond acceptors (Lipinski definition) is 4. The van der Waals surface area contributed by atoms with Crippen molar-refractivity contribution < 1.29 is 9.90 Å². The Labute approximate surface area is 135 Å². The summed E-state index contributed by atoms with van der Waals surface area (Å²) in [5, 5.41) is 18.2. The number of nitrogens with zero attached hydrogens (tertiary/aromatic N) is 3. The molecule has 0 unspecified atom stereocenters. The van der Waals surface area contributed by atoms with Gasteiger partial charge >= 0.3 is 0 Å². The van der Waals surface area contributed by atoms with E-state index in [2.05, 4.69) is 15.4 Å². The van der Waals surface area contributed by atoms with Crippen molar-refractivity contribution in [3.05, 3.63) is 23.5 Å². The van der Waals surface area contributed by atoms with Crippen LogP contribution in [0.25, 0.3) is 11.0 Å². The maximum Gasteiger partial charge on any atom is 0.252 e. The van der Waals surface area contributed by atoms with Gasteiger partial charge in [-0.2, -0.15) is 5.10 Å². The van der Waals surface area contributed by atoms with E-state index in [0.29, 0.717) is 5.56 Å². The van der Waals surface area contributed by atoms with Gasteiger partial charge in [0.1, 0.15) is 0 Å². The molecule has 2 atom stereocenters. The van der Waals surface area contributed by atoms with Crippen molar-refractivity contribution in [2.24, 2.45) is 0 Å². The van der Waals surface area contributed by atoms with E-state index in [4.69, 9.17) is 0 Å². The number of aryl methyl sites for hydroxylation is 1. The fraction of sp³-hybridized carbons (Fsp3) is 0.588. The second-order valence-electron chi connectivity index (χ2n) is 6.66. The van der Waals surface area contributed by atoms with Crippen molar-refractivity contribution in [2.45, 2.75) is 64.6 Å². The van der Waals surface area contributed by atoms with Gasteiger partial charge in [0, 0.05) is 11.7 Å². The van der Waals surface area contributed by atoms with Gasteiger partial charge in [-0.15, -0.1) is 0 Å². The molecule has 6 heteroatoms. The van der Waals surface area contributed by atoms with Gasteiger partial charge in [0.05, 0.1) is 29.3 Å². The largest absolute Gasteiger partial charge is 0.391 e. The number of hydrogen-bond donors (Lipinski definition) is 2. The molecule has 124 valence electrons. The molecule has 0 bridgehead atoms. The molecular weight excluding hydrogens is 292 g/mol. The van der Waals surface area contributed by atoms with Gasteiger partial charge in [0.15, 0.2) is 5.65 Å². The highest BCUT2D eigenvalue weighted by molar-refractivity contribution is 6.05. The predicted molar refractivity (Wildman–Crippen MR) is 88.4 cm³/mol. The molecule has 1 saturated carbocycles. The molecule has 3 rings (SSSR count). The number of aliphatic hydroxyl groups excluding tert-OH is 1. The van der Waals surface area contributed by atoms with Crippen molar-refractivity contribution in [3.8, 4) is 0 Å². The molecular formula is C17H24N4O2. The number of aromatic nitrogens is 3.